The maximum atomic E-state index is 10.6. The molecule has 0 aliphatic rings. The molecule has 1 rings (SSSR count). The molecular formula is C10H8N2O3. The molecule has 0 atom stereocenters. The van der Waals surface area contributed by atoms with Crippen LogP contribution in [0, 0.1) is 11.8 Å². The first kappa shape index (κ1) is 10.7. The minimum atomic E-state index is -1.12. The predicted molar refractivity (Wildman–Crippen MR) is 51.9 cm³/mol. The highest BCUT2D eigenvalue weighted by Crippen LogP contribution is 1.99. The summed E-state index contributed by atoms with van der Waals surface area (Å²) < 4.78 is 0. The van der Waals surface area contributed by atoms with Gasteiger partial charge in [0, 0.05) is 11.8 Å². The first-order valence-electron chi connectivity index (χ1n) is 4.06. The second-order valence-corrected chi connectivity index (χ2v) is 2.68. The number of aromatic carboxylic acids is 1. The normalized spacial score (nSPS) is 8.80. The highest BCUT2D eigenvalue weighted by Gasteiger charge is 2.03. The topological polar surface area (TPSA) is 93.3 Å². The van der Waals surface area contributed by atoms with Gasteiger partial charge in [-0.2, -0.15) is 0 Å². The van der Waals surface area contributed by atoms with Gasteiger partial charge in [-0.25, -0.2) is 9.78 Å². The van der Waals surface area contributed by atoms with Crippen LogP contribution in [0.3, 0.4) is 0 Å². The van der Waals surface area contributed by atoms with Gasteiger partial charge in [0.2, 0.25) is 5.91 Å². The average Bonchev–Trinajstić information content (AvgIpc) is 2.17. The lowest BCUT2D eigenvalue weighted by molar-refractivity contribution is -0.117. The van der Waals surface area contributed by atoms with Gasteiger partial charge < -0.3 is 10.8 Å². The van der Waals surface area contributed by atoms with Gasteiger partial charge in [0.05, 0.1) is 6.42 Å². The number of carboxylic acid groups (broad SMARTS) is 1. The van der Waals surface area contributed by atoms with Crippen molar-refractivity contribution in [3.05, 3.63) is 29.6 Å². The van der Waals surface area contributed by atoms with Crippen molar-refractivity contribution in [3.8, 4) is 11.8 Å². The smallest absolute Gasteiger partial charge is 0.354 e. The maximum absolute atomic E-state index is 10.6. The van der Waals surface area contributed by atoms with Gasteiger partial charge >= 0.3 is 5.97 Å². The number of amides is 1. The van der Waals surface area contributed by atoms with Gasteiger partial charge in [-0.15, -0.1) is 0 Å². The number of primary amides is 1. The van der Waals surface area contributed by atoms with Gasteiger partial charge in [0.15, 0.2) is 0 Å². The Morgan fingerprint density at radius 3 is 2.87 bits per heavy atom. The fourth-order valence-electron chi connectivity index (χ4n) is 0.859. The van der Waals surface area contributed by atoms with Crippen LogP contribution in [0.2, 0.25) is 0 Å². The SMILES string of the molecule is NC(=O)CC#Cc1ccnc(C(=O)O)c1. The summed E-state index contributed by atoms with van der Waals surface area (Å²) in [6.07, 6.45) is 1.29. The van der Waals surface area contributed by atoms with Crippen molar-refractivity contribution >= 4 is 11.9 Å². The lowest BCUT2D eigenvalue weighted by atomic mass is 10.2. The van der Waals surface area contributed by atoms with Crippen molar-refractivity contribution in [3.63, 3.8) is 0 Å². The van der Waals surface area contributed by atoms with Crippen LogP contribution in [0.25, 0.3) is 0 Å². The monoisotopic (exact) mass is 204 g/mol. The van der Waals surface area contributed by atoms with Crippen molar-refractivity contribution in [2.75, 3.05) is 0 Å². The zero-order valence-corrected chi connectivity index (χ0v) is 7.73. The molecule has 0 bridgehead atoms. The molecule has 0 saturated carbocycles. The molecule has 0 saturated heterocycles. The highest BCUT2D eigenvalue weighted by atomic mass is 16.4. The summed E-state index contributed by atoms with van der Waals surface area (Å²) in [4.78, 5) is 24.6. The molecular weight excluding hydrogens is 196 g/mol. The van der Waals surface area contributed by atoms with Crippen LogP contribution in [0.5, 0.6) is 0 Å². The summed E-state index contributed by atoms with van der Waals surface area (Å²) in [7, 11) is 0. The molecule has 1 amide bonds. The number of pyridine rings is 1. The number of carbonyl (C=O) groups is 2. The van der Waals surface area contributed by atoms with Crippen LogP contribution >= 0.6 is 0 Å². The molecule has 0 aliphatic carbocycles. The first-order chi connectivity index (χ1) is 7.09. The third-order valence-electron chi connectivity index (χ3n) is 1.47. The number of aromatic nitrogens is 1. The summed E-state index contributed by atoms with van der Waals surface area (Å²) in [6, 6.07) is 2.89. The van der Waals surface area contributed by atoms with Crippen LogP contribution in [-0.2, 0) is 4.79 Å². The van der Waals surface area contributed by atoms with E-state index in [0.29, 0.717) is 5.56 Å². The Bertz CT molecular complexity index is 457. The van der Waals surface area contributed by atoms with Crippen LogP contribution in [-0.4, -0.2) is 22.0 Å². The van der Waals surface area contributed by atoms with E-state index in [4.69, 9.17) is 10.8 Å². The molecule has 1 heterocycles. The van der Waals surface area contributed by atoms with Crippen molar-refractivity contribution in [1.82, 2.24) is 4.98 Å². The number of nitrogens with zero attached hydrogens (tertiary/aromatic N) is 1. The summed E-state index contributed by atoms with van der Waals surface area (Å²) in [6.45, 7) is 0. The number of hydrogen-bond acceptors (Lipinski definition) is 3. The fraction of sp³-hybridized carbons (Fsp3) is 0.100. The quantitative estimate of drug-likeness (QED) is 0.663. The van der Waals surface area contributed by atoms with Crippen LogP contribution in [0.4, 0.5) is 0 Å². The van der Waals surface area contributed by atoms with Crippen LogP contribution in [0.15, 0.2) is 18.3 Å². The summed E-state index contributed by atoms with van der Waals surface area (Å²) in [5.41, 5.74) is 5.29. The molecule has 3 N–H and O–H groups in total. The molecule has 0 unspecified atom stereocenters. The van der Waals surface area contributed by atoms with Gasteiger partial charge in [0.25, 0.3) is 0 Å². The second-order valence-electron chi connectivity index (χ2n) is 2.68. The molecule has 0 aromatic carbocycles. The fourth-order valence-corrected chi connectivity index (χ4v) is 0.859. The lowest BCUT2D eigenvalue weighted by Gasteiger charge is -1.93. The molecule has 0 radical (unpaired) electrons. The van der Waals surface area contributed by atoms with E-state index in [9.17, 15) is 9.59 Å². The van der Waals surface area contributed by atoms with E-state index >= 15 is 0 Å². The number of carboxylic acids is 1. The standard InChI is InChI=1S/C10H8N2O3/c11-9(13)3-1-2-7-4-5-12-8(6-7)10(14)15/h4-6H,3H2,(H2,11,13)(H,14,15). The predicted octanol–water partition coefficient (Wildman–Crippen LogP) is 0.00670. The van der Waals surface area contributed by atoms with Gasteiger partial charge in [0.1, 0.15) is 5.69 Å². The van der Waals surface area contributed by atoms with Crippen molar-refractivity contribution in [2.24, 2.45) is 5.73 Å². The zero-order chi connectivity index (χ0) is 11.3. The van der Waals surface area contributed by atoms with E-state index in [-0.39, 0.29) is 12.1 Å². The van der Waals surface area contributed by atoms with E-state index < -0.39 is 11.9 Å². The largest absolute Gasteiger partial charge is 0.477 e. The molecule has 15 heavy (non-hydrogen) atoms. The Morgan fingerprint density at radius 2 is 2.27 bits per heavy atom. The zero-order valence-electron chi connectivity index (χ0n) is 7.73. The number of carbonyl (C=O) groups excluding carboxylic acids is 1. The Labute approximate surface area is 85.9 Å². The number of nitrogens with two attached hydrogens (primary N) is 1. The molecule has 0 spiro atoms. The Balaban J connectivity index is 2.85. The first-order valence-corrected chi connectivity index (χ1v) is 4.06. The summed E-state index contributed by atoms with van der Waals surface area (Å²) in [5.74, 6) is 3.50. The molecule has 5 heteroatoms. The van der Waals surface area contributed by atoms with Crippen LogP contribution < -0.4 is 5.73 Å². The van der Waals surface area contributed by atoms with E-state index in [1.807, 2.05) is 0 Å². The highest BCUT2D eigenvalue weighted by molar-refractivity contribution is 5.85. The minimum absolute atomic E-state index is 0.0509. The molecule has 1 aromatic rings. The average molecular weight is 204 g/mol. The molecule has 76 valence electrons. The number of hydrogen-bond donors (Lipinski definition) is 2. The van der Waals surface area contributed by atoms with E-state index in [1.165, 1.54) is 12.3 Å². The molecule has 0 fully saturated rings. The molecule has 5 nitrogen and oxygen atoms in total. The lowest BCUT2D eigenvalue weighted by Crippen LogP contribution is -2.08. The van der Waals surface area contributed by atoms with E-state index in [2.05, 4.69) is 16.8 Å². The summed E-state index contributed by atoms with van der Waals surface area (Å²) >= 11 is 0. The molecule has 1 aromatic heterocycles. The van der Waals surface area contributed by atoms with Crippen molar-refractivity contribution in [2.45, 2.75) is 6.42 Å². The molecule has 0 aliphatic heterocycles. The van der Waals surface area contributed by atoms with Crippen LogP contribution in [0.1, 0.15) is 22.5 Å². The Hall–Kier alpha value is -2.35. The third kappa shape index (κ3) is 3.48. The third-order valence-corrected chi connectivity index (χ3v) is 1.47. The van der Waals surface area contributed by atoms with Gasteiger partial charge in [-0.3, -0.25) is 4.79 Å². The number of rotatable bonds is 2. The van der Waals surface area contributed by atoms with E-state index in [0.717, 1.165) is 0 Å². The summed E-state index contributed by atoms with van der Waals surface area (Å²) in [5, 5.41) is 8.64. The van der Waals surface area contributed by atoms with Crippen molar-refractivity contribution < 1.29 is 14.7 Å². The van der Waals surface area contributed by atoms with Crippen molar-refractivity contribution in [1.29, 1.82) is 0 Å². The van der Waals surface area contributed by atoms with Gasteiger partial charge in [-0.05, 0) is 12.1 Å². The second kappa shape index (κ2) is 4.77. The Morgan fingerprint density at radius 1 is 1.53 bits per heavy atom. The Kier molecular flexibility index (Phi) is 3.41. The van der Waals surface area contributed by atoms with E-state index in [1.54, 1.807) is 6.07 Å². The maximum Gasteiger partial charge on any atom is 0.354 e. The van der Waals surface area contributed by atoms with Gasteiger partial charge in [-0.1, -0.05) is 11.8 Å². The minimum Gasteiger partial charge on any atom is -0.477 e.